The maximum atomic E-state index is 12.2. The number of sulfonamides is 2. The molecule has 0 bridgehead atoms. The van der Waals surface area contributed by atoms with E-state index in [4.69, 9.17) is 4.74 Å². The molecule has 1 saturated heterocycles. The summed E-state index contributed by atoms with van der Waals surface area (Å²) in [6.07, 6.45) is 0.623. The smallest absolute Gasteiger partial charge is 0.250 e. The Labute approximate surface area is 141 Å². The van der Waals surface area contributed by atoms with Gasteiger partial charge in [-0.25, -0.2) is 21.6 Å². The second-order valence-electron chi connectivity index (χ2n) is 5.33. The molecule has 1 N–H and O–H groups in total. The number of nitrogens with zero attached hydrogens (tertiary/aromatic N) is 1. The summed E-state index contributed by atoms with van der Waals surface area (Å²) in [6.45, 7) is 4.60. The van der Waals surface area contributed by atoms with Crippen LogP contribution >= 0.6 is 11.3 Å². The Balaban J connectivity index is 1.92. The van der Waals surface area contributed by atoms with Crippen LogP contribution in [0.3, 0.4) is 0 Å². The molecular formula is C13H22N2O5S3. The van der Waals surface area contributed by atoms with Crippen LogP contribution in [-0.2, 0) is 31.2 Å². The molecule has 0 saturated carbocycles. The predicted octanol–water partition coefficient (Wildman–Crippen LogP) is 0.639. The lowest BCUT2D eigenvalue weighted by Crippen LogP contribution is -2.46. The van der Waals surface area contributed by atoms with E-state index in [1.165, 1.54) is 15.6 Å². The van der Waals surface area contributed by atoms with Crippen molar-refractivity contribution in [3.05, 3.63) is 17.0 Å². The summed E-state index contributed by atoms with van der Waals surface area (Å²) in [4.78, 5) is 0.973. The zero-order chi connectivity index (χ0) is 17.1. The van der Waals surface area contributed by atoms with Crippen molar-refractivity contribution in [2.75, 3.05) is 32.0 Å². The van der Waals surface area contributed by atoms with Crippen LogP contribution in [-0.4, -0.2) is 59.2 Å². The molecule has 1 atom stereocenters. The molecule has 1 aliphatic rings. The van der Waals surface area contributed by atoms with Gasteiger partial charge in [-0.3, -0.25) is 0 Å². The van der Waals surface area contributed by atoms with Crippen molar-refractivity contribution in [3.8, 4) is 0 Å². The molecule has 0 radical (unpaired) electrons. The average molecular weight is 383 g/mol. The normalized spacial score (nSPS) is 20.7. The van der Waals surface area contributed by atoms with Gasteiger partial charge in [0, 0.05) is 24.5 Å². The van der Waals surface area contributed by atoms with Gasteiger partial charge in [-0.2, -0.15) is 4.31 Å². The van der Waals surface area contributed by atoms with Crippen molar-refractivity contribution < 1.29 is 21.6 Å². The van der Waals surface area contributed by atoms with E-state index >= 15 is 0 Å². The van der Waals surface area contributed by atoms with Crippen molar-refractivity contribution in [3.63, 3.8) is 0 Å². The molecule has 2 heterocycles. The van der Waals surface area contributed by atoms with Gasteiger partial charge < -0.3 is 4.74 Å². The maximum Gasteiger partial charge on any atom is 0.250 e. The lowest BCUT2D eigenvalue weighted by atomic mass is 10.3. The summed E-state index contributed by atoms with van der Waals surface area (Å²) in [6, 6.07) is 3.31. The SMILES string of the molecule is CCc1ccc(S(=O)(=O)NCCS(=O)(=O)N2CCOC(C)C2)s1. The van der Waals surface area contributed by atoms with Gasteiger partial charge in [0.05, 0.1) is 18.5 Å². The first-order chi connectivity index (χ1) is 10.7. The van der Waals surface area contributed by atoms with Crippen LogP contribution in [0.15, 0.2) is 16.3 Å². The van der Waals surface area contributed by atoms with Gasteiger partial charge in [-0.15, -0.1) is 11.3 Å². The molecule has 132 valence electrons. The third kappa shape index (κ3) is 4.97. The number of thiophene rings is 1. The fourth-order valence-electron chi connectivity index (χ4n) is 2.24. The zero-order valence-corrected chi connectivity index (χ0v) is 15.6. The lowest BCUT2D eigenvalue weighted by Gasteiger charge is -2.30. The summed E-state index contributed by atoms with van der Waals surface area (Å²) in [5, 5.41) is 0. The number of rotatable bonds is 7. The number of hydrogen-bond donors (Lipinski definition) is 1. The largest absolute Gasteiger partial charge is 0.376 e. The topological polar surface area (TPSA) is 92.8 Å². The van der Waals surface area contributed by atoms with Crippen molar-refractivity contribution in [2.45, 2.75) is 30.6 Å². The van der Waals surface area contributed by atoms with Crippen molar-refractivity contribution >= 4 is 31.4 Å². The highest BCUT2D eigenvalue weighted by molar-refractivity contribution is 7.91. The first-order valence-electron chi connectivity index (χ1n) is 7.42. The van der Waals surface area contributed by atoms with Crippen LogP contribution in [0, 0.1) is 0 Å². The molecule has 1 aromatic heterocycles. The Morgan fingerprint density at radius 1 is 1.35 bits per heavy atom. The first-order valence-corrected chi connectivity index (χ1v) is 11.3. The Hall–Kier alpha value is -0.520. The van der Waals surface area contributed by atoms with Gasteiger partial charge in [0.2, 0.25) is 20.0 Å². The van der Waals surface area contributed by atoms with Crippen LogP contribution in [0.2, 0.25) is 0 Å². The van der Waals surface area contributed by atoms with Crippen LogP contribution in [0.4, 0.5) is 0 Å². The molecule has 23 heavy (non-hydrogen) atoms. The molecular weight excluding hydrogens is 360 g/mol. The molecule has 2 rings (SSSR count). The van der Waals surface area contributed by atoms with Crippen LogP contribution in [0.1, 0.15) is 18.7 Å². The molecule has 7 nitrogen and oxygen atoms in total. The van der Waals surface area contributed by atoms with Gasteiger partial charge >= 0.3 is 0 Å². The van der Waals surface area contributed by atoms with Crippen molar-refractivity contribution in [2.24, 2.45) is 0 Å². The summed E-state index contributed by atoms with van der Waals surface area (Å²) in [7, 11) is -7.14. The van der Waals surface area contributed by atoms with E-state index in [-0.39, 0.29) is 22.6 Å². The maximum absolute atomic E-state index is 12.2. The van der Waals surface area contributed by atoms with Crippen LogP contribution < -0.4 is 4.72 Å². The number of ether oxygens (including phenoxy) is 1. The Morgan fingerprint density at radius 2 is 2.09 bits per heavy atom. The molecule has 10 heteroatoms. The summed E-state index contributed by atoms with van der Waals surface area (Å²) >= 11 is 1.20. The first kappa shape index (κ1) is 18.8. The van der Waals surface area contributed by atoms with E-state index in [0.29, 0.717) is 19.7 Å². The summed E-state index contributed by atoms with van der Waals surface area (Å²) < 4.78 is 58.0. The lowest BCUT2D eigenvalue weighted by molar-refractivity contribution is 0.0102. The van der Waals surface area contributed by atoms with Crippen molar-refractivity contribution in [1.82, 2.24) is 9.03 Å². The highest BCUT2D eigenvalue weighted by Crippen LogP contribution is 2.21. The second-order valence-corrected chi connectivity index (χ2v) is 10.6. The molecule has 1 aliphatic heterocycles. The Kier molecular flexibility index (Phi) is 6.20. The average Bonchev–Trinajstić information content (AvgIpc) is 2.96. The van der Waals surface area contributed by atoms with Gasteiger partial charge in [-0.1, -0.05) is 6.92 Å². The van der Waals surface area contributed by atoms with E-state index in [9.17, 15) is 16.8 Å². The van der Waals surface area contributed by atoms with Gasteiger partial charge in [0.15, 0.2) is 0 Å². The highest BCUT2D eigenvalue weighted by Gasteiger charge is 2.27. The fraction of sp³-hybridized carbons (Fsp3) is 0.692. The Bertz CT molecular complexity index is 727. The third-order valence-electron chi connectivity index (χ3n) is 3.50. The van der Waals surface area contributed by atoms with Crippen LogP contribution in [0.25, 0.3) is 0 Å². The number of aryl methyl sites for hydroxylation is 1. The standard InChI is InChI=1S/C13H22N2O5S3/c1-3-12-4-5-13(21-12)23(18,19)14-6-9-22(16,17)15-7-8-20-11(2)10-15/h4-5,11,14H,3,6-10H2,1-2H3. The fourth-order valence-corrected chi connectivity index (χ4v) is 6.15. The minimum Gasteiger partial charge on any atom is -0.376 e. The molecule has 1 fully saturated rings. The van der Waals surface area contributed by atoms with E-state index in [1.54, 1.807) is 12.1 Å². The molecule has 0 aromatic carbocycles. The monoisotopic (exact) mass is 382 g/mol. The van der Waals surface area contributed by atoms with Gasteiger partial charge in [-0.05, 0) is 25.5 Å². The molecule has 0 aliphatic carbocycles. The number of nitrogens with one attached hydrogen (secondary N) is 1. The number of hydrogen-bond acceptors (Lipinski definition) is 6. The molecule has 1 aromatic rings. The minimum atomic E-state index is -3.65. The predicted molar refractivity (Wildman–Crippen MR) is 89.7 cm³/mol. The molecule has 0 spiro atoms. The van der Waals surface area contributed by atoms with E-state index in [0.717, 1.165) is 11.3 Å². The van der Waals surface area contributed by atoms with Gasteiger partial charge in [0.1, 0.15) is 4.21 Å². The number of morpholine rings is 1. The van der Waals surface area contributed by atoms with E-state index in [2.05, 4.69) is 4.72 Å². The highest BCUT2D eigenvalue weighted by atomic mass is 32.2. The summed E-state index contributed by atoms with van der Waals surface area (Å²) in [5.41, 5.74) is 0. The second kappa shape index (κ2) is 7.58. The quantitative estimate of drug-likeness (QED) is 0.747. The van der Waals surface area contributed by atoms with Crippen molar-refractivity contribution in [1.29, 1.82) is 0 Å². The molecule has 0 amide bonds. The summed E-state index contributed by atoms with van der Waals surface area (Å²) in [5.74, 6) is -0.259. The van der Waals surface area contributed by atoms with Crippen LogP contribution in [0.5, 0.6) is 0 Å². The minimum absolute atomic E-state index is 0.143. The van der Waals surface area contributed by atoms with Gasteiger partial charge in [0.25, 0.3) is 0 Å². The third-order valence-corrected chi connectivity index (χ3v) is 8.52. The zero-order valence-electron chi connectivity index (χ0n) is 13.2. The molecule has 1 unspecified atom stereocenters. The van der Waals surface area contributed by atoms with E-state index in [1.807, 2.05) is 13.8 Å². The Morgan fingerprint density at radius 3 is 2.70 bits per heavy atom. The van der Waals surface area contributed by atoms with E-state index < -0.39 is 20.0 Å².